The molecule has 56 heavy (non-hydrogen) atoms. The monoisotopic (exact) mass is 714 g/mol. The molecule has 5 heteroatoms. The number of aromatic nitrogens is 4. The molecule has 12 rings (SSSR count). The lowest BCUT2D eigenvalue weighted by molar-refractivity contribution is 0.670. The van der Waals surface area contributed by atoms with E-state index in [-0.39, 0.29) is 0 Å². The number of hydrogen-bond donors (Lipinski definition) is 0. The zero-order chi connectivity index (χ0) is 36.7. The molecule has 0 N–H and O–H groups in total. The van der Waals surface area contributed by atoms with Crippen molar-refractivity contribution in [1.82, 2.24) is 19.5 Å². The lowest BCUT2D eigenvalue weighted by atomic mass is 10.0. The summed E-state index contributed by atoms with van der Waals surface area (Å²) in [7, 11) is 0. The van der Waals surface area contributed by atoms with Crippen molar-refractivity contribution in [3.05, 3.63) is 182 Å². The molecule has 12 aromatic rings. The highest BCUT2D eigenvalue weighted by molar-refractivity contribution is 6.23. The van der Waals surface area contributed by atoms with E-state index in [4.69, 9.17) is 19.4 Å². The smallest absolute Gasteiger partial charge is 0.167 e. The Labute approximate surface area is 320 Å². The first-order valence-corrected chi connectivity index (χ1v) is 18.9. The number of fused-ring (bicyclic) bond motifs is 11. The summed E-state index contributed by atoms with van der Waals surface area (Å²) in [5, 5.41) is 11.7. The highest BCUT2D eigenvalue weighted by atomic mass is 16.3. The molecule has 0 bridgehead atoms. The van der Waals surface area contributed by atoms with E-state index >= 15 is 0 Å². The maximum absolute atomic E-state index is 6.81. The third kappa shape index (κ3) is 4.64. The molecule has 0 fully saturated rings. The van der Waals surface area contributed by atoms with Gasteiger partial charge in [-0.3, -0.25) is 0 Å². The van der Waals surface area contributed by atoms with Gasteiger partial charge in [-0.05, 0) is 63.3 Å². The van der Waals surface area contributed by atoms with Crippen molar-refractivity contribution in [3.8, 4) is 39.9 Å². The minimum atomic E-state index is 0.566. The molecule has 0 aliphatic heterocycles. The third-order valence-electron chi connectivity index (χ3n) is 11.2. The predicted octanol–water partition coefficient (Wildman–Crippen LogP) is 13.3. The summed E-state index contributed by atoms with van der Waals surface area (Å²) >= 11 is 0. The Balaban J connectivity index is 1.12. The quantitative estimate of drug-likeness (QED) is 0.182. The van der Waals surface area contributed by atoms with Crippen LogP contribution in [-0.4, -0.2) is 19.5 Å². The highest BCUT2D eigenvalue weighted by Gasteiger charge is 2.21. The zero-order valence-electron chi connectivity index (χ0n) is 30.0. The van der Waals surface area contributed by atoms with Gasteiger partial charge in [0.15, 0.2) is 17.5 Å². The van der Waals surface area contributed by atoms with Gasteiger partial charge < -0.3 is 8.98 Å². The molecule has 0 radical (unpaired) electrons. The third-order valence-corrected chi connectivity index (χ3v) is 11.2. The predicted molar refractivity (Wildman–Crippen MR) is 230 cm³/mol. The van der Waals surface area contributed by atoms with Crippen molar-refractivity contribution in [3.63, 3.8) is 0 Å². The van der Waals surface area contributed by atoms with E-state index in [0.29, 0.717) is 17.5 Å². The van der Waals surface area contributed by atoms with E-state index in [2.05, 4.69) is 120 Å². The maximum Gasteiger partial charge on any atom is 0.167 e. The van der Waals surface area contributed by atoms with Crippen molar-refractivity contribution in [1.29, 1.82) is 0 Å². The summed E-state index contributed by atoms with van der Waals surface area (Å²) in [6.45, 7) is 0. The van der Waals surface area contributed by atoms with Gasteiger partial charge in [0, 0.05) is 43.7 Å². The summed E-state index contributed by atoms with van der Waals surface area (Å²) in [5.74, 6) is 1.80. The van der Waals surface area contributed by atoms with Crippen LogP contribution >= 0.6 is 0 Å². The van der Waals surface area contributed by atoms with Gasteiger partial charge in [0.2, 0.25) is 0 Å². The van der Waals surface area contributed by atoms with Gasteiger partial charge in [0.1, 0.15) is 11.2 Å². The van der Waals surface area contributed by atoms with E-state index in [0.717, 1.165) is 55.1 Å². The highest BCUT2D eigenvalue weighted by Crippen LogP contribution is 2.42. The maximum atomic E-state index is 6.81. The van der Waals surface area contributed by atoms with E-state index in [9.17, 15) is 0 Å². The number of hydrogen-bond acceptors (Lipinski definition) is 4. The van der Waals surface area contributed by atoms with E-state index in [1.165, 1.54) is 43.4 Å². The Morgan fingerprint density at radius 1 is 0.393 bits per heavy atom. The van der Waals surface area contributed by atoms with Crippen LogP contribution in [0.3, 0.4) is 0 Å². The SMILES string of the molecule is c1ccc(-c2nc(-c3ccccc3)nc(-c3cccc4c3oc3ccc5ccc(-n6c7cc8ccccc8cc7c7ccc8ccccc8c76)cc5c34)n2)cc1. The first kappa shape index (κ1) is 30.8. The van der Waals surface area contributed by atoms with Gasteiger partial charge in [-0.2, -0.15) is 0 Å². The topological polar surface area (TPSA) is 56.7 Å². The van der Waals surface area contributed by atoms with Crippen LogP contribution in [0.25, 0.3) is 116 Å². The van der Waals surface area contributed by atoms with Gasteiger partial charge in [0.25, 0.3) is 0 Å². The molecule has 0 amide bonds. The molecule has 0 atom stereocenters. The number of benzene rings is 9. The molecule has 9 aromatic carbocycles. The minimum absolute atomic E-state index is 0.566. The van der Waals surface area contributed by atoms with Crippen LogP contribution in [0.15, 0.2) is 186 Å². The van der Waals surface area contributed by atoms with Crippen LogP contribution in [0.5, 0.6) is 0 Å². The first-order chi connectivity index (χ1) is 27.7. The number of nitrogens with zero attached hydrogens (tertiary/aromatic N) is 4. The molecule has 0 spiro atoms. The Morgan fingerprint density at radius 2 is 1.00 bits per heavy atom. The Morgan fingerprint density at radius 3 is 1.77 bits per heavy atom. The van der Waals surface area contributed by atoms with Crippen molar-refractivity contribution in [2.24, 2.45) is 0 Å². The molecule has 0 unspecified atom stereocenters. The summed E-state index contributed by atoms with van der Waals surface area (Å²) in [5.41, 5.74) is 7.72. The van der Waals surface area contributed by atoms with Gasteiger partial charge >= 0.3 is 0 Å². The largest absolute Gasteiger partial charge is 0.455 e. The van der Waals surface area contributed by atoms with E-state index in [1.807, 2.05) is 66.7 Å². The lowest BCUT2D eigenvalue weighted by Crippen LogP contribution is -2.00. The Hall–Kier alpha value is -7.63. The Kier molecular flexibility index (Phi) is 6.56. The van der Waals surface area contributed by atoms with Crippen LogP contribution in [0.2, 0.25) is 0 Å². The second kappa shape index (κ2) is 11.9. The van der Waals surface area contributed by atoms with Gasteiger partial charge in [-0.1, -0.05) is 146 Å². The van der Waals surface area contributed by atoms with Gasteiger partial charge in [-0.25, -0.2) is 15.0 Å². The fraction of sp³-hybridized carbons (Fsp3) is 0. The van der Waals surface area contributed by atoms with Crippen LogP contribution in [0.4, 0.5) is 0 Å². The second-order valence-electron chi connectivity index (χ2n) is 14.4. The summed E-state index contributed by atoms with van der Waals surface area (Å²) < 4.78 is 9.26. The molecular weight excluding hydrogens is 685 g/mol. The number of furan rings is 1. The minimum Gasteiger partial charge on any atom is -0.455 e. The van der Waals surface area contributed by atoms with E-state index < -0.39 is 0 Å². The molecule has 3 heterocycles. The van der Waals surface area contributed by atoms with Crippen molar-refractivity contribution >= 4 is 76.1 Å². The van der Waals surface area contributed by atoms with Crippen LogP contribution in [-0.2, 0) is 0 Å². The Bertz CT molecular complexity index is 3470. The zero-order valence-corrected chi connectivity index (χ0v) is 30.0. The summed E-state index contributed by atoms with van der Waals surface area (Å²) in [6.07, 6.45) is 0. The second-order valence-corrected chi connectivity index (χ2v) is 14.4. The molecule has 0 aliphatic carbocycles. The molecule has 260 valence electrons. The van der Waals surface area contributed by atoms with Gasteiger partial charge in [0.05, 0.1) is 16.6 Å². The number of rotatable bonds is 4. The molecular formula is C51H30N4O. The normalized spacial score (nSPS) is 11.9. The van der Waals surface area contributed by atoms with Crippen LogP contribution in [0, 0.1) is 0 Å². The average Bonchev–Trinajstić information content (AvgIpc) is 3.82. The van der Waals surface area contributed by atoms with Gasteiger partial charge in [-0.15, -0.1) is 0 Å². The summed E-state index contributed by atoms with van der Waals surface area (Å²) in [4.78, 5) is 15.0. The van der Waals surface area contributed by atoms with Crippen molar-refractivity contribution in [2.75, 3.05) is 0 Å². The molecule has 0 aliphatic rings. The fourth-order valence-electron chi connectivity index (χ4n) is 8.58. The molecule has 0 saturated carbocycles. The number of para-hydroxylation sites is 1. The van der Waals surface area contributed by atoms with Crippen molar-refractivity contribution in [2.45, 2.75) is 0 Å². The lowest BCUT2D eigenvalue weighted by Gasteiger charge is -2.12. The fourth-order valence-corrected chi connectivity index (χ4v) is 8.58. The van der Waals surface area contributed by atoms with E-state index in [1.54, 1.807) is 0 Å². The summed E-state index contributed by atoms with van der Waals surface area (Å²) in [6, 6.07) is 64.0. The molecule has 0 saturated heterocycles. The van der Waals surface area contributed by atoms with Crippen LogP contribution < -0.4 is 0 Å². The van der Waals surface area contributed by atoms with Crippen LogP contribution in [0.1, 0.15) is 0 Å². The average molecular weight is 715 g/mol. The standard InChI is InChI=1S/C51H30N4O/c1-3-13-33(14-4-1)49-52-50(34-15-5-2-6-16-34)54-51(53-49)41-21-11-20-40-46-42-30-37(25-22-32(42)24-27-45(46)56-48(40)41)55-44-29-36-18-8-7-17-35(36)28-43(44)39-26-23-31-12-9-10-19-38(31)47(39)55/h1-30H. The molecule has 3 aromatic heterocycles. The van der Waals surface area contributed by atoms with Crippen molar-refractivity contribution < 1.29 is 4.42 Å². The molecule has 5 nitrogen and oxygen atoms in total. The first-order valence-electron chi connectivity index (χ1n) is 18.9.